The Labute approximate surface area is 134 Å². The Bertz CT molecular complexity index is 716. The molecule has 0 atom stereocenters. The highest BCUT2D eigenvalue weighted by Crippen LogP contribution is 2.32. The van der Waals surface area contributed by atoms with E-state index in [-0.39, 0.29) is 11.8 Å². The minimum atomic E-state index is -0.451. The average molecular weight is 317 g/mol. The molecule has 7 heteroatoms. The molecule has 0 saturated carbocycles. The first-order valence-corrected chi connectivity index (χ1v) is 7.14. The number of nitro groups is 1. The van der Waals surface area contributed by atoms with Crippen LogP contribution in [0.1, 0.15) is 19.5 Å². The summed E-state index contributed by atoms with van der Waals surface area (Å²) in [6, 6.07) is 8.42. The molecule has 0 bridgehead atoms. The standard InChI is InChI=1S/C16H19N3O4/c1-10(2)23-14-7-5-12(9-15(14)22-4)18-16-8-6-13(19(20)21)11(3)17-16/h5-10H,1-4H3,(H,17,18). The molecule has 0 amide bonds. The smallest absolute Gasteiger partial charge is 0.290 e. The van der Waals surface area contributed by atoms with Crippen LogP contribution in [0.4, 0.5) is 17.2 Å². The van der Waals surface area contributed by atoms with Crippen molar-refractivity contribution in [3.63, 3.8) is 0 Å². The van der Waals surface area contributed by atoms with Gasteiger partial charge < -0.3 is 14.8 Å². The zero-order valence-electron chi connectivity index (χ0n) is 13.5. The molecule has 0 saturated heterocycles. The lowest BCUT2D eigenvalue weighted by Gasteiger charge is -2.15. The summed E-state index contributed by atoms with van der Waals surface area (Å²) in [5.74, 6) is 1.77. The van der Waals surface area contributed by atoms with Gasteiger partial charge in [-0.1, -0.05) is 0 Å². The molecule has 0 aliphatic rings. The van der Waals surface area contributed by atoms with Gasteiger partial charge in [0.25, 0.3) is 5.69 Å². The fraction of sp³-hybridized carbons (Fsp3) is 0.312. The van der Waals surface area contributed by atoms with Gasteiger partial charge in [0.2, 0.25) is 0 Å². The molecule has 1 aromatic heterocycles. The zero-order chi connectivity index (χ0) is 17.0. The van der Waals surface area contributed by atoms with Crippen LogP contribution < -0.4 is 14.8 Å². The molecule has 0 radical (unpaired) electrons. The van der Waals surface area contributed by atoms with Crippen molar-refractivity contribution in [1.29, 1.82) is 0 Å². The number of nitrogens with one attached hydrogen (secondary N) is 1. The fourth-order valence-corrected chi connectivity index (χ4v) is 2.06. The molecule has 23 heavy (non-hydrogen) atoms. The molecule has 0 spiro atoms. The highest BCUT2D eigenvalue weighted by atomic mass is 16.6. The number of hydrogen-bond donors (Lipinski definition) is 1. The van der Waals surface area contributed by atoms with Gasteiger partial charge in [0, 0.05) is 17.8 Å². The van der Waals surface area contributed by atoms with Crippen molar-refractivity contribution in [2.75, 3.05) is 12.4 Å². The molecule has 1 heterocycles. The lowest BCUT2D eigenvalue weighted by molar-refractivity contribution is -0.385. The Balaban J connectivity index is 2.23. The van der Waals surface area contributed by atoms with Crippen LogP contribution in [0.2, 0.25) is 0 Å². The lowest BCUT2D eigenvalue weighted by Crippen LogP contribution is -2.07. The molecule has 1 aromatic carbocycles. The molecule has 1 N–H and O–H groups in total. The second kappa shape index (κ2) is 6.95. The first-order chi connectivity index (χ1) is 10.9. The van der Waals surface area contributed by atoms with Crippen LogP contribution in [-0.2, 0) is 0 Å². The highest BCUT2D eigenvalue weighted by molar-refractivity contribution is 5.62. The maximum atomic E-state index is 10.8. The molecule has 0 fully saturated rings. The molecule has 2 aromatic rings. The predicted octanol–water partition coefficient (Wildman–Crippen LogP) is 3.84. The third kappa shape index (κ3) is 4.09. The summed E-state index contributed by atoms with van der Waals surface area (Å²) in [4.78, 5) is 14.6. The molecule has 122 valence electrons. The molecule has 0 aliphatic heterocycles. The molecule has 2 rings (SSSR count). The average Bonchev–Trinajstić information content (AvgIpc) is 2.48. The number of aromatic nitrogens is 1. The first kappa shape index (κ1) is 16.5. The summed E-state index contributed by atoms with van der Waals surface area (Å²) in [6.07, 6.45) is 0.0432. The van der Waals surface area contributed by atoms with Crippen molar-refractivity contribution in [1.82, 2.24) is 4.98 Å². The Morgan fingerprint density at radius 2 is 1.96 bits per heavy atom. The van der Waals surface area contributed by atoms with E-state index in [9.17, 15) is 10.1 Å². The van der Waals surface area contributed by atoms with Crippen molar-refractivity contribution in [3.8, 4) is 11.5 Å². The number of ether oxygens (including phenoxy) is 2. The van der Waals surface area contributed by atoms with E-state index in [2.05, 4.69) is 10.3 Å². The summed E-state index contributed by atoms with van der Waals surface area (Å²) in [5, 5.41) is 13.9. The van der Waals surface area contributed by atoms with Crippen LogP contribution in [0.15, 0.2) is 30.3 Å². The fourth-order valence-electron chi connectivity index (χ4n) is 2.06. The third-order valence-corrected chi connectivity index (χ3v) is 3.05. The Hall–Kier alpha value is -2.83. The van der Waals surface area contributed by atoms with E-state index >= 15 is 0 Å². The van der Waals surface area contributed by atoms with Gasteiger partial charge in [0.15, 0.2) is 11.5 Å². The van der Waals surface area contributed by atoms with Crippen LogP contribution >= 0.6 is 0 Å². The van der Waals surface area contributed by atoms with E-state index < -0.39 is 4.92 Å². The maximum absolute atomic E-state index is 10.8. The zero-order valence-corrected chi connectivity index (χ0v) is 13.5. The van der Waals surface area contributed by atoms with E-state index in [1.54, 1.807) is 32.2 Å². The third-order valence-electron chi connectivity index (χ3n) is 3.05. The van der Waals surface area contributed by atoms with Gasteiger partial charge >= 0.3 is 0 Å². The summed E-state index contributed by atoms with van der Waals surface area (Å²) in [5.41, 5.74) is 1.10. The van der Waals surface area contributed by atoms with Crippen LogP contribution in [0, 0.1) is 17.0 Å². The minimum absolute atomic E-state index is 0.00573. The number of nitrogens with zero attached hydrogens (tertiary/aromatic N) is 2. The summed E-state index contributed by atoms with van der Waals surface area (Å²) >= 11 is 0. The second-order valence-electron chi connectivity index (χ2n) is 5.22. The Morgan fingerprint density at radius 1 is 1.22 bits per heavy atom. The van der Waals surface area contributed by atoms with Crippen LogP contribution in [0.3, 0.4) is 0 Å². The normalized spacial score (nSPS) is 10.5. The van der Waals surface area contributed by atoms with Crippen molar-refractivity contribution >= 4 is 17.2 Å². The maximum Gasteiger partial charge on any atom is 0.290 e. The Morgan fingerprint density at radius 3 is 2.52 bits per heavy atom. The van der Waals surface area contributed by atoms with Gasteiger partial charge in [0.1, 0.15) is 11.5 Å². The quantitative estimate of drug-likeness (QED) is 0.643. The molecule has 0 aliphatic carbocycles. The summed E-state index contributed by atoms with van der Waals surface area (Å²) < 4.78 is 11.0. The molecular formula is C16H19N3O4. The second-order valence-corrected chi connectivity index (χ2v) is 5.22. The van der Waals surface area contributed by atoms with Crippen molar-refractivity contribution in [2.45, 2.75) is 26.9 Å². The van der Waals surface area contributed by atoms with Gasteiger partial charge in [-0.2, -0.15) is 0 Å². The Kier molecular flexibility index (Phi) is 5.00. The van der Waals surface area contributed by atoms with Crippen molar-refractivity contribution < 1.29 is 14.4 Å². The number of hydrogen-bond acceptors (Lipinski definition) is 6. The molecule has 0 unspecified atom stereocenters. The van der Waals surface area contributed by atoms with Gasteiger partial charge in [-0.25, -0.2) is 4.98 Å². The van der Waals surface area contributed by atoms with Gasteiger partial charge in [-0.15, -0.1) is 0 Å². The van der Waals surface area contributed by atoms with Gasteiger partial charge in [-0.3, -0.25) is 10.1 Å². The van der Waals surface area contributed by atoms with E-state index in [4.69, 9.17) is 9.47 Å². The van der Waals surface area contributed by atoms with Crippen LogP contribution in [0.5, 0.6) is 11.5 Å². The van der Waals surface area contributed by atoms with Gasteiger partial charge in [-0.05, 0) is 39.0 Å². The molecular weight excluding hydrogens is 298 g/mol. The first-order valence-electron chi connectivity index (χ1n) is 7.14. The van der Waals surface area contributed by atoms with E-state index in [0.29, 0.717) is 23.0 Å². The number of benzene rings is 1. The number of rotatable bonds is 6. The van der Waals surface area contributed by atoms with E-state index in [1.807, 2.05) is 19.9 Å². The highest BCUT2D eigenvalue weighted by Gasteiger charge is 2.12. The number of methoxy groups -OCH3 is 1. The number of pyridine rings is 1. The van der Waals surface area contributed by atoms with Crippen molar-refractivity contribution in [3.05, 3.63) is 46.1 Å². The van der Waals surface area contributed by atoms with Crippen LogP contribution in [0.25, 0.3) is 0 Å². The van der Waals surface area contributed by atoms with E-state index in [0.717, 1.165) is 5.69 Å². The SMILES string of the molecule is COc1cc(Nc2ccc([N+](=O)[O-])c(C)n2)ccc1OC(C)C. The van der Waals surface area contributed by atoms with Gasteiger partial charge in [0.05, 0.1) is 18.1 Å². The monoisotopic (exact) mass is 317 g/mol. The van der Waals surface area contributed by atoms with Crippen molar-refractivity contribution in [2.24, 2.45) is 0 Å². The molecule has 7 nitrogen and oxygen atoms in total. The summed E-state index contributed by atoms with van der Waals surface area (Å²) in [6.45, 7) is 5.48. The number of anilines is 2. The van der Waals surface area contributed by atoms with E-state index in [1.165, 1.54) is 6.07 Å². The van der Waals surface area contributed by atoms with Crippen LogP contribution in [-0.4, -0.2) is 23.1 Å². The predicted molar refractivity (Wildman–Crippen MR) is 87.7 cm³/mol. The lowest BCUT2D eigenvalue weighted by atomic mass is 10.2. The largest absolute Gasteiger partial charge is 0.493 e. The summed E-state index contributed by atoms with van der Waals surface area (Å²) in [7, 11) is 1.57. The number of aryl methyl sites for hydroxylation is 1. The topological polar surface area (TPSA) is 86.5 Å². The minimum Gasteiger partial charge on any atom is -0.493 e.